The Morgan fingerprint density at radius 2 is 1.90 bits per heavy atom. The molecule has 0 aliphatic heterocycles. The Hall–Kier alpha value is -3.45. The molecular formula is C24H23N3O3S. The maximum Gasteiger partial charge on any atom is 0.267 e. The molecule has 0 saturated carbocycles. The van der Waals surface area contributed by atoms with Crippen LogP contribution < -0.4 is 14.4 Å². The van der Waals surface area contributed by atoms with Gasteiger partial charge in [-0.3, -0.25) is 14.7 Å². The van der Waals surface area contributed by atoms with Crippen LogP contribution >= 0.6 is 11.3 Å². The molecule has 2 heterocycles. The summed E-state index contributed by atoms with van der Waals surface area (Å²) in [5.74, 6) is 1.27. The molecule has 0 unspecified atom stereocenters. The number of fused-ring (bicyclic) bond motifs is 1. The number of benzene rings is 2. The largest absolute Gasteiger partial charge is 0.494 e. The number of aryl methyl sites for hydroxylation is 1. The maximum atomic E-state index is 13.2. The van der Waals surface area contributed by atoms with E-state index in [0.29, 0.717) is 24.0 Å². The minimum atomic E-state index is -0.184. The summed E-state index contributed by atoms with van der Waals surface area (Å²) in [6, 6.07) is 19.0. The van der Waals surface area contributed by atoms with E-state index in [9.17, 15) is 4.79 Å². The minimum absolute atomic E-state index is 0.0869. The van der Waals surface area contributed by atoms with E-state index in [0.717, 1.165) is 27.2 Å². The van der Waals surface area contributed by atoms with Crippen LogP contribution in [0.5, 0.6) is 11.5 Å². The topological polar surface area (TPSA) is 64.5 Å². The van der Waals surface area contributed by atoms with Gasteiger partial charge in [0.05, 0.1) is 29.1 Å². The summed E-state index contributed by atoms with van der Waals surface area (Å²) >= 11 is 1.45. The summed E-state index contributed by atoms with van der Waals surface area (Å²) in [5, 5.41) is 0.604. The van der Waals surface area contributed by atoms with Gasteiger partial charge in [0.1, 0.15) is 11.5 Å². The summed E-state index contributed by atoms with van der Waals surface area (Å²) < 4.78 is 12.3. The first-order chi connectivity index (χ1) is 15.1. The lowest BCUT2D eigenvalue weighted by molar-refractivity contribution is -0.120. The van der Waals surface area contributed by atoms with Crippen LogP contribution in [0.25, 0.3) is 10.2 Å². The molecule has 4 rings (SSSR count). The second-order valence-corrected chi connectivity index (χ2v) is 7.97. The second-order valence-electron chi connectivity index (χ2n) is 6.97. The SMILES string of the molecule is CCOc1ccc2nc(N(Cc3ccccn3)C(=O)COc3cccc(C)c3)sc2c1. The molecular weight excluding hydrogens is 410 g/mol. The van der Waals surface area contributed by atoms with Crippen LogP contribution in [-0.4, -0.2) is 29.1 Å². The van der Waals surface area contributed by atoms with Gasteiger partial charge in [0.2, 0.25) is 0 Å². The molecule has 0 spiro atoms. The fraction of sp³-hybridized carbons (Fsp3) is 0.208. The zero-order valence-electron chi connectivity index (χ0n) is 17.4. The van der Waals surface area contributed by atoms with Gasteiger partial charge >= 0.3 is 0 Å². The van der Waals surface area contributed by atoms with Gasteiger partial charge in [-0.15, -0.1) is 0 Å². The van der Waals surface area contributed by atoms with Crippen molar-refractivity contribution in [3.05, 3.63) is 78.1 Å². The van der Waals surface area contributed by atoms with Gasteiger partial charge in [0, 0.05) is 6.20 Å². The first-order valence-electron chi connectivity index (χ1n) is 10.1. The summed E-state index contributed by atoms with van der Waals surface area (Å²) in [6.45, 7) is 4.76. The van der Waals surface area contributed by atoms with Crippen LogP contribution in [0, 0.1) is 6.92 Å². The van der Waals surface area contributed by atoms with Gasteiger partial charge in [-0.2, -0.15) is 0 Å². The van der Waals surface area contributed by atoms with Crippen LogP contribution in [0.4, 0.5) is 5.13 Å². The zero-order chi connectivity index (χ0) is 21.6. The highest BCUT2D eigenvalue weighted by Gasteiger charge is 2.21. The molecule has 0 atom stereocenters. The predicted molar refractivity (Wildman–Crippen MR) is 123 cm³/mol. The summed E-state index contributed by atoms with van der Waals surface area (Å²) in [6.07, 6.45) is 1.72. The number of nitrogens with zero attached hydrogens (tertiary/aromatic N) is 3. The van der Waals surface area contributed by atoms with Crippen molar-refractivity contribution in [2.24, 2.45) is 0 Å². The molecule has 1 amide bonds. The second kappa shape index (κ2) is 9.57. The molecule has 0 bridgehead atoms. The lowest BCUT2D eigenvalue weighted by atomic mass is 10.2. The Labute approximate surface area is 185 Å². The van der Waals surface area contributed by atoms with E-state index in [1.54, 1.807) is 11.1 Å². The summed E-state index contributed by atoms with van der Waals surface area (Å²) in [5.41, 5.74) is 2.68. The number of rotatable bonds is 8. The molecule has 0 radical (unpaired) electrons. The quantitative estimate of drug-likeness (QED) is 0.391. The van der Waals surface area contributed by atoms with Gasteiger partial charge in [0.25, 0.3) is 5.91 Å². The number of ether oxygens (including phenoxy) is 2. The first kappa shape index (κ1) is 20.8. The first-order valence-corrected chi connectivity index (χ1v) is 10.9. The molecule has 0 N–H and O–H groups in total. The molecule has 4 aromatic rings. The molecule has 0 fully saturated rings. The van der Waals surface area contributed by atoms with Gasteiger partial charge in [-0.1, -0.05) is 29.5 Å². The number of pyridine rings is 1. The van der Waals surface area contributed by atoms with E-state index >= 15 is 0 Å². The number of thiazole rings is 1. The average Bonchev–Trinajstić information content (AvgIpc) is 3.20. The van der Waals surface area contributed by atoms with E-state index in [1.165, 1.54) is 11.3 Å². The predicted octanol–water partition coefficient (Wildman–Crippen LogP) is 5.01. The molecule has 2 aromatic heterocycles. The zero-order valence-corrected chi connectivity index (χ0v) is 18.3. The summed E-state index contributed by atoms with van der Waals surface area (Å²) in [4.78, 5) is 23.9. The molecule has 31 heavy (non-hydrogen) atoms. The Kier molecular flexibility index (Phi) is 6.43. The van der Waals surface area contributed by atoms with Crippen molar-refractivity contribution in [3.8, 4) is 11.5 Å². The van der Waals surface area contributed by atoms with E-state index in [-0.39, 0.29) is 12.5 Å². The highest BCUT2D eigenvalue weighted by Crippen LogP contribution is 2.32. The van der Waals surface area contributed by atoms with Gasteiger partial charge < -0.3 is 9.47 Å². The fourth-order valence-corrected chi connectivity index (χ4v) is 4.12. The smallest absolute Gasteiger partial charge is 0.267 e. The number of amides is 1. The number of aromatic nitrogens is 2. The normalized spacial score (nSPS) is 10.8. The molecule has 6 nitrogen and oxygen atoms in total. The van der Waals surface area contributed by atoms with Crippen molar-refractivity contribution >= 4 is 32.6 Å². The number of anilines is 1. The molecule has 2 aromatic carbocycles. The maximum absolute atomic E-state index is 13.2. The Balaban J connectivity index is 1.60. The fourth-order valence-electron chi connectivity index (χ4n) is 3.11. The number of hydrogen-bond donors (Lipinski definition) is 0. The third-order valence-electron chi connectivity index (χ3n) is 4.59. The lowest BCUT2D eigenvalue weighted by Crippen LogP contribution is -2.34. The number of carbonyl (C=O) groups is 1. The van der Waals surface area contributed by atoms with Crippen molar-refractivity contribution in [2.75, 3.05) is 18.1 Å². The Morgan fingerprint density at radius 1 is 1.03 bits per heavy atom. The van der Waals surface area contributed by atoms with E-state index in [1.807, 2.05) is 74.5 Å². The van der Waals surface area contributed by atoms with Crippen molar-refractivity contribution < 1.29 is 14.3 Å². The van der Waals surface area contributed by atoms with Crippen molar-refractivity contribution in [2.45, 2.75) is 20.4 Å². The standard InChI is InChI=1S/C24H23N3O3S/c1-3-29-20-10-11-21-22(14-20)31-24(26-21)27(15-18-8-4-5-12-25-18)23(28)16-30-19-9-6-7-17(2)13-19/h4-14H,3,15-16H2,1-2H3. The highest BCUT2D eigenvalue weighted by atomic mass is 32.1. The van der Waals surface area contributed by atoms with Gasteiger partial charge in [-0.05, 0) is 61.9 Å². The number of hydrogen-bond acceptors (Lipinski definition) is 6. The van der Waals surface area contributed by atoms with Crippen LogP contribution in [0.3, 0.4) is 0 Å². The monoisotopic (exact) mass is 433 g/mol. The van der Waals surface area contributed by atoms with E-state index in [4.69, 9.17) is 9.47 Å². The minimum Gasteiger partial charge on any atom is -0.494 e. The van der Waals surface area contributed by atoms with Crippen molar-refractivity contribution in [3.63, 3.8) is 0 Å². The van der Waals surface area contributed by atoms with E-state index in [2.05, 4.69) is 9.97 Å². The average molecular weight is 434 g/mol. The van der Waals surface area contributed by atoms with Crippen LogP contribution in [0.2, 0.25) is 0 Å². The van der Waals surface area contributed by atoms with Gasteiger partial charge in [0.15, 0.2) is 11.7 Å². The molecule has 7 heteroatoms. The van der Waals surface area contributed by atoms with Crippen LogP contribution in [0.15, 0.2) is 66.9 Å². The van der Waals surface area contributed by atoms with Crippen molar-refractivity contribution in [1.29, 1.82) is 0 Å². The van der Waals surface area contributed by atoms with Crippen LogP contribution in [0.1, 0.15) is 18.2 Å². The third-order valence-corrected chi connectivity index (χ3v) is 5.63. The highest BCUT2D eigenvalue weighted by molar-refractivity contribution is 7.22. The van der Waals surface area contributed by atoms with Crippen LogP contribution in [-0.2, 0) is 11.3 Å². The van der Waals surface area contributed by atoms with Crippen molar-refractivity contribution in [1.82, 2.24) is 9.97 Å². The molecule has 0 aliphatic carbocycles. The van der Waals surface area contributed by atoms with E-state index < -0.39 is 0 Å². The number of carbonyl (C=O) groups excluding carboxylic acids is 1. The van der Waals surface area contributed by atoms with Gasteiger partial charge in [-0.25, -0.2) is 4.98 Å². The Bertz CT molecular complexity index is 1180. The lowest BCUT2D eigenvalue weighted by Gasteiger charge is -2.19. The molecule has 0 aliphatic rings. The molecule has 158 valence electrons. The molecule has 0 saturated heterocycles. The summed E-state index contributed by atoms with van der Waals surface area (Å²) in [7, 11) is 0. The Morgan fingerprint density at radius 3 is 2.68 bits per heavy atom. The third kappa shape index (κ3) is 5.19.